The predicted octanol–water partition coefficient (Wildman–Crippen LogP) is 7.24. The van der Waals surface area contributed by atoms with Crippen LogP contribution in [0.5, 0.6) is 5.75 Å². The van der Waals surface area contributed by atoms with Gasteiger partial charge in [0.25, 0.3) is 5.91 Å². The third-order valence-corrected chi connectivity index (χ3v) is 6.49. The standard InChI is InChI=1S/C31H37NO4/c1-4-6-7-11-20-36-27-18-12-14-24(21-27)30(33)32(26-16-9-8-10-17-26)22-25-15-13-19-29(28(25)5-2)23(3)31(34)35/h8-10,12-19,21,23H,4-7,11,20,22H2,1-3H3,(H,34,35)/t23-/m0/s1. The fourth-order valence-corrected chi connectivity index (χ4v) is 4.42. The van der Waals surface area contributed by atoms with Crippen molar-refractivity contribution in [2.45, 2.75) is 65.3 Å². The van der Waals surface area contributed by atoms with Gasteiger partial charge in [0.15, 0.2) is 0 Å². The summed E-state index contributed by atoms with van der Waals surface area (Å²) in [4.78, 5) is 27.3. The second kappa shape index (κ2) is 13.5. The average Bonchev–Trinajstić information content (AvgIpc) is 2.91. The number of carboxylic acids is 1. The Kier molecular flexibility index (Phi) is 10.1. The molecule has 5 nitrogen and oxygen atoms in total. The number of aliphatic carboxylic acids is 1. The molecule has 36 heavy (non-hydrogen) atoms. The zero-order valence-electron chi connectivity index (χ0n) is 21.6. The maximum absolute atomic E-state index is 13.8. The minimum Gasteiger partial charge on any atom is -0.494 e. The molecule has 0 unspecified atom stereocenters. The molecule has 0 saturated carbocycles. The lowest BCUT2D eigenvalue weighted by Gasteiger charge is -2.26. The number of amides is 1. The molecule has 3 rings (SSSR count). The van der Waals surface area contributed by atoms with Crippen molar-refractivity contribution in [3.63, 3.8) is 0 Å². The number of carbonyl (C=O) groups is 2. The highest BCUT2D eigenvalue weighted by Gasteiger charge is 2.23. The van der Waals surface area contributed by atoms with E-state index < -0.39 is 11.9 Å². The highest BCUT2D eigenvalue weighted by molar-refractivity contribution is 6.06. The van der Waals surface area contributed by atoms with E-state index in [0.29, 0.717) is 30.9 Å². The van der Waals surface area contributed by atoms with E-state index in [9.17, 15) is 14.7 Å². The quantitative estimate of drug-likeness (QED) is 0.258. The number of rotatable bonds is 13. The SMILES string of the molecule is CCCCCCOc1cccc(C(=O)N(Cc2cccc([C@H](C)C(=O)O)c2CC)c2ccccc2)c1. The molecule has 5 heteroatoms. The Morgan fingerprint density at radius 3 is 2.36 bits per heavy atom. The molecule has 190 valence electrons. The Bertz CT molecular complexity index is 1140. The van der Waals surface area contributed by atoms with E-state index in [4.69, 9.17) is 4.74 Å². The second-order valence-electron chi connectivity index (χ2n) is 9.06. The van der Waals surface area contributed by atoms with Crippen molar-refractivity contribution in [3.05, 3.63) is 95.1 Å². The van der Waals surface area contributed by atoms with Gasteiger partial charge >= 0.3 is 5.97 Å². The molecule has 1 N–H and O–H groups in total. The molecular formula is C31H37NO4. The molecule has 0 heterocycles. The number of para-hydroxylation sites is 1. The summed E-state index contributed by atoms with van der Waals surface area (Å²) in [5, 5.41) is 9.60. The molecule has 0 saturated heterocycles. The molecule has 0 aliphatic rings. The predicted molar refractivity (Wildman–Crippen MR) is 145 cm³/mol. The van der Waals surface area contributed by atoms with Crippen LogP contribution < -0.4 is 9.64 Å². The normalized spacial score (nSPS) is 11.6. The molecule has 0 aliphatic carbocycles. The number of ether oxygens (including phenoxy) is 1. The van der Waals surface area contributed by atoms with Crippen molar-refractivity contribution in [2.24, 2.45) is 0 Å². The van der Waals surface area contributed by atoms with Crippen molar-refractivity contribution < 1.29 is 19.4 Å². The van der Waals surface area contributed by atoms with E-state index in [1.54, 1.807) is 11.8 Å². The maximum atomic E-state index is 13.8. The molecule has 1 amide bonds. The number of hydrogen-bond donors (Lipinski definition) is 1. The van der Waals surface area contributed by atoms with Crippen LogP contribution in [0.4, 0.5) is 5.69 Å². The number of benzene rings is 3. The van der Waals surface area contributed by atoms with Gasteiger partial charge in [0.2, 0.25) is 0 Å². The smallest absolute Gasteiger partial charge is 0.310 e. The first-order valence-electron chi connectivity index (χ1n) is 12.9. The molecule has 0 fully saturated rings. The summed E-state index contributed by atoms with van der Waals surface area (Å²) in [7, 11) is 0. The summed E-state index contributed by atoms with van der Waals surface area (Å²) in [5.74, 6) is -0.912. The first-order chi connectivity index (χ1) is 17.5. The largest absolute Gasteiger partial charge is 0.494 e. The summed E-state index contributed by atoms with van der Waals surface area (Å²) in [6.45, 7) is 6.88. The molecule has 0 aromatic heterocycles. The minimum atomic E-state index is -0.857. The van der Waals surface area contributed by atoms with Gasteiger partial charge in [-0.15, -0.1) is 0 Å². The van der Waals surface area contributed by atoms with Crippen molar-refractivity contribution in [3.8, 4) is 5.75 Å². The van der Waals surface area contributed by atoms with E-state index in [-0.39, 0.29) is 5.91 Å². The zero-order valence-corrected chi connectivity index (χ0v) is 21.6. The molecule has 0 spiro atoms. The fourth-order valence-electron chi connectivity index (χ4n) is 4.42. The molecule has 0 bridgehead atoms. The molecule has 3 aromatic carbocycles. The highest BCUT2D eigenvalue weighted by Crippen LogP contribution is 2.28. The van der Waals surface area contributed by atoms with Crippen molar-refractivity contribution in [1.29, 1.82) is 0 Å². The zero-order chi connectivity index (χ0) is 25.9. The van der Waals surface area contributed by atoms with Crippen LogP contribution in [0.1, 0.15) is 79.4 Å². The third-order valence-electron chi connectivity index (χ3n) is 6.49. The number of anilines is 1. The highest BCUT2D eigenvalue weighted by atomic mass is 16.5. The lowest BCUT2D eigenvalue weighted by molar-refractivity contribution is -0.138. The van der Waals surface area contributed by atoms with Crippen molar-refractivity contribution in [2.75, 3.05) is 11.5 Å². The Morgan fingerprint density at radius 1 is 0.917 bits per heavy atom. The van der Waals surface area contributed by atoms with Gasteiger partial charge in [0.1, 0.15) is 5.75 Å². The monoisotopic (exact) mass is 487 g/mol. The lowest BCUT2D eigenvalue weighted by atomic mass is 9.90. The van der Waals surface area contributed by atoms with Gasteiger partial charge in [-0.25, -0.2) is 0 Å². The summed E-state index contributed by atoms with van der Waals surface area (Å²) in [6.07, 6.45) is 5.18. The van der Waals surface area contributed by atoms with E-state index in [1.165, 1.54) is 12.8 Å². The Morgan fingerprint density at radius 2 is 1.67 bits per heavy atom. The van der Waals surface area contributed by atoms with Crippen LogP contribution in [-0.4, -0.2) is 23.6 Å². The number of nitrogens with zero attached hydrogens (tertiary/aromatic N) is 1. The van der Waals surface area contributed by atoms with Crippen LogP contribution in [0.25, 0.3) is 0 Å². The van der Waals surface area contributed by atoms with Gasteiger partial charge in [0, 0.05) is 11.3 Å². The lowest BCUT2D eigenvalue weighted by Crippen LogP contribution is -2.31. The topological polar surface area (TPSA) is 66.8 Å². The van der Waals surface area contributed by atoms with Crippen LogP contribution in [0.2, 0.25) is 0 Å². The molecular weight excluding hydrogens is 450 g/mol. The summed E-state index contributed by atoms with van der Waals surface area (Å²) in [5.41, 5.74) is 4.06. The maximum Gasteiger partial charge on any atom is 0.310 e. The van der Waals surface area contributed by atoms with Gasteiger partial charge in [-0.05, 0) is 66.8 Å². The van der Waals surface area contributed by atoms with E-state index >= 15 is 0 Å². The van der Waals surface area contributed by atoms with E-state index in [0.717, 1.165) is 35.2 Å². The Balaban J connectivity index is 1.90. The van der Waals surface area contributed by atoms with Crippen LogP contribution in [0.3, 0.4) is 0 Å². The molecule has 1 atom stereocenters. The van der Waals surface area contributed by atoms with Gasteiger partial charge < -0.3 is 14.7 Å². The van der Waals surface area contributed by atoms with Crippen molar-refractivity contribution in [1.82, 2.24) is 0 Å². The fraction of sp³-hybridized carbons (Fsp3) is 0.355. The van der Waals surface area contributed by atoms with Gasteiger partial charge in [0.05, 0.1) is 19.1 Å². The van der Waals surface area contributed by atoms with Gasteiger partial charge in [-0.3, -0.25) is 9.59 Å². The first-order valence-corrected chi connectivity index (χ1v) is 12.9. The van der Waals surface area contributed by atoms with E-state index in [2.05, 4.69) is 6.92 Å². The van der Waals surface area contributed by atoms with Crippen molar-refractivity contribution >= 4 is 17.6 Å². The van der Waals surface area contributed by atoms with Crippen LogP contribution in [0, 0.1) is 0 Å². The number of hydrogen-bond acceptors (Lipinski definition) is 3. The minimum absolute atomic E-state index is 0.128. The third kappa shape index (κ3) is 6.97. The second-order valence-corrected chi connectivity index (χ2v) is 9.06. The Labute approximate surface area is 214 Å². The van der Waals surface area contributed by atoms with Gasteiger partial charge in [-0.2, -0.15) is 0 Å². The summed E-state index contributed by atoms with van der Waals surface area (Å²) >= 11 is 0. The Hall–Kier alpha value is -3.60. The van der Waals surface area contributed by atoms with Gasteiger partial charge in [-0.1, -0.05) is 75.6 Å². The number of carboxylic acid groups (broad SMARTS) is 1. The van der Waals surface area contributed by atoms with E-state index in [1.807, 2.05) is 79.7 Å². The summed E-state index contributed by atoms with van der Waals surface area (Å²) in [6, 6.07) is 22.7. The number of unbranched alkanes of at least 4 members (excludes halogenated alkanes) is 3. The molecule has 0 radical (unpaired) electrons. The first kappa shape index (κ1) is 27.0. The summed E-state index contributed by atoms with van der Waals surface area (Å²) < 4.78 is 5.92. The van der Waals surface area contributed by atoms with Crippen LogP contribution in [-0.2, 0) is 17.8 Å². The average molecular weight is 488 g/mol. The number of carbonyl (C=O) groups excluding carboxylic acids is 1. The van der Waals surface area contributed by atoms with Crippen LogP contribution in [0.15, 0.2) is 72.8 Å². The molecule has 0 aliphatic heterocycles. The van der Waals surface area contributed by atoms with Crippen LogP contribution >= 0.6 is 0 Å². The molecule has 3 aromatic rings.